The number of nitrogens with zero attached hydrogens (tertiary/aromatic N) is 3. The number of anilines is 1. The lowest BCUT2D eigenvalue weighted by Gasteiger charge is -2.19. The number of benzene rings is 1. The fraction of sp³-hybridized carbons (Fsp3) is 0.412. The summed E-state index contributed by atoms with van der Waals surface area (Å²) < 4.78 is 49.3. The average Bonchev–Trinajstić information content (AvgIpc) is 3.10. The van der Waals surface area contributed by atoms with Crippen molar-refractivity contribution in [2.75, 3.05) is 32.2 Å². The molecule has 1 saturated heterocycles. The van der Waals surface area contributed by atoms with E-state index in [1.54, 1.807) is 19.1 Å². The number of halogens is 3. The van der Waals surface area contributed by atoms with Crippen LogP contribution < -0.4 is 14.4 Å². The third-order valence-corrected chi connectivity index (χ3v) is 4.28. The maximum atomic E-state index is 12.8. The van der Waals surface area contributed by atoms with Gasteiger partial charge in [-0.3, -0.25) is 0 Å². The van der Waals surface area contributed by atoms with Gasteiger partial charge in [0.15, 0.2) is 11.5 Å². The minimum Gasteiger partial charge on any atom is -0.493 e. The Hall–Kier alpha value is -2.51. The zero-order valence-corrected chi connectivity index (χ0v) is 13.9. The van der Waals surface area contributed by atoms with Crippen LogP contribution in [0.3, 0.4) is 0 Å². The Balaban J connectivity index is 1.83. The normalized spacial score (nSPS) is 17.6. The van der Waals surface area contributed by atoms with Gasteiger partial charge in [0, 0.05) is 30.8 Å². The number of methoxy groups -OCH3 is 2. The molecular formula is C17H18F3N3O2. The molecule has 0 amide bonds. The minimum atomic E-state index is -4.48. The highest BCUT2D eigenvalue weighted by molar-refractivity contribution is 5.50. The monoisotopic (exact) mass is 353 g/mol. The predicted octanol–water partition coefficient (Wildman–Crippen LogP) is 3.51. The van der Waals surface area contributed by atoms with Gasteiger partial charge in [-0.2, -0.15) is 13.2 Å². The van der Waals surface area contributed by atoms with Crippen molar-refractivity contribution in [2.45, 2.75) is 18.5 Å². The Labute approximate surface area is 143 Å². The molecule has 0 spiro atoms. The van der Waals surface area contributed by atoms with E-state index in [4.69, 9.17) is 9.47 Å². The molecule has 8 heteroatoms. The van der Waals surface area contributed by atoms with Crippen molar-refractivity contribution in [2.24, 2.45) is 0 Å². The Morgan fingerprint density at radius 3 is 2.64 bits per heavy atom. The average molecular weight is 353 g/mol. The molecule has 0 bridgehead atoms. The molecule has 0 aliphatic carbocycles. The van der Waals surface area contributed by atoms with E-state index >= 15 is 0 Å². The second-order valence-electron chi connectivity index (χ2n) is 5.75. The van der Waals surface area contributed by atoms with Gasteiger partial charge in [-0.25, -0.2) is 9.97 Å². The van der Waals surface area contributed by atoms with Crippen LogP contribution in [0.25, 0.3) is 0 Å². The summed E-state index contributed by atoms with van der Waals surface area (Å²) >= 11 is 0. The van der Waals surface area contributed by atoms with Crippen LogP contribution in [0.4, 0.5) is 19.1 Å². The summed E-state index contributed by atoms with van der Waals surface area (Å²) in [7, 11) is 3.14. The SMILES string of the molecule is COc1cccc(C2CCN(c3nccc(C(F)(F)F)n3)C2)c1OC. The fourth-order valence-corrected chi connectivity index (χ4v) is 3.09. The van der Waals surface area contributed by atoms with Crippen molar-refractivity contribution in [3.63, 3.8) is 0 Å². The van der Waals surface area contributed by atoms with Crippen LogP contribution in [-0.4, -0.2) is 37.3 Å². The van der Waals surface area contributed by atoms with Gasteiger partial charge in [-0.15, -0.1) is 0 Å². The van der Waals surface area contributed by atoms with Gasteiger partial charge >= 0.3 is 6.18 Å². The topological polar surface area (TPSA) is 47.5 Å². The third-order valence-electron chi connectivity index (χ3n) is 4.28. The lowest BCUT2D eigenvalue weighted by molar-refractivity contribution is -0.141. The van der Waals surface area contributed by atoms with Crippen LogP contribution in [0.5, 0.6) is 11.5 Å². The number of alkyl halides is 3. The van der Waals surface area contributed by atoms with Crippen molar-refractivity contribution in [1.82, 2.24) is 9.97 Å². The zero-order chi connectivity index (χ0) is 18.0. The summed E-state index contributed by atoms with van der Waals surface area (Å²) in [6.45, 7) is 1.09. The van der Waals surface area contributed by atoms with Gasteiger partial charge in [0.05, 0.1) is 14.2 Å². The van der Waals surface area contributed by atoms with Crippen molar-refractivity contribution in [3.05, 3.63) is 41.7 Å². The van der Waals surface area contributed by atoms with Crippen molar-refractivity contribution >= 4 is 5.95 Å². The first-order chi connectivity index (χ1) is 11.9. The number of aromatic nitrogens is 2. The van der Waals surface area contributed by atoms with Crippen LogP contribution in [0, 0.1) is 0 Å². The molecule has 25 heavy (non-hydrogen) atoms. The van der Waals surface area contributed by atoms with Crippen molar-refractivity contribution in [1.29, 1.82) is 0 Å². The highest BCUT2D eigenvalue weighted by Gasteiger charge is 2.34. The summed E-state index contributed by atoms with van der Waals surface area (Å²) in [6.07, 6.45) is -2.57. The summed E-state index contributed by atoms with van der Waals surface area (Å²) in [4.78, 5) is 9.43. The molecule has 1 unspecified atom stereocenters. The zero-order valence-electron chi connectivity index (χ0n) is 13.9. The van der Waals surface area contributed by atoms with E-state index in [1.807, 2.05) is 18.2 Å². The molecule has 1 aromatic carbocycles. The van der Waals surface area contributed by atoms with Crippen molar-refractivity contribution < 1.29 is 22.6 Å². The molecule has 1 aromatic heterocycles. The molecule has 3 rings (SSSR count). The molecule has 1 aliphatic heterocycles. The lowest BCUT2D eigenvalue weighted by atomic mass is 9.97. The number of rotatable bonds is 4. The largest absolute Gasteiger partial charge is 0.493 e. The Kier molecular flexibility index (Phi) is 4.69. The van der Waals surface area contributed by atoms with Crippen LogP contribution in [0.1, 0.15) is 23.6 Å². The lowest BCUT2D eigenvalue weighted by Crippen LogP contribution is -2.23. The Morgan fingerprint density at radius 2 is 1.96 bits per heavy atom. The van der Waals surface area contributed by atoms with Gasteiger partial charge in [-0.05, 0) is 18.6 Å². The van der Waals surface area contributed by atoms with E-state index < -0.39 is 11.9 Å². The maximum Gasteiger partial charge on any atom is 0.433 e. The predicted molar refractivity (Wildman–Crippen MR) is 86.2 cm³/mol. The van der Waals surface area contributed by atoms with Gasteiger partial charge in [0.2, 0.25) is 5.95 Å². The van der Waals surface area contributed by atoms with Gasteiger partial charge in [0.25, 0.3) is 0 Å². The summed E-state index contributed by atoms with van der Waals surface area (Å²) in [5.41, 5.74) is 0.0382. The number of hydrogen-bond donors (Lipinski definition) is 0. The molecule has 1 fully saturated rings. The first kappa shape index (κ1) is 17.3. The quantitative estimate of drug-likeness (QED) is 0.842. The number of ether oxygens (including phenoxy) is 2. The second-order valence-corrected chi connectivity index (χ2v) is 5.75. The highest BCUT2D eigenvalue weighted by Crippen LogP contribution is 2.40. The molecule has 0 N–H and O–H groups in total. The molecule has 0 radical (unpaired) electrons. The third kappa shape index (κ3) is 3.47. The first-order valence-electron chi connectivity index (χ1n) is 7.80. The van der Waals surface area contributed by atoms with Gasteiger partial charge in [0.1, 0.15) is 5.69 Å². The van der Waals surface area contributed by atoms with E-state index in [9.17, 15) is 13.2 Å². The highest BCUT2D eigenvalue weighted by atomic mass is 19.4. The van der Waals surface area contributed by atoms with E-state index in [2.05, 4.69) is 9.97 Å². The molecule has 2 aromatic rings. The standard InChI is InChI=1S/C17H18F3N3O2/c1-24-13-5-3-4-12(15(13)25-2)11-7-9-23(10-11)16-21-8-6-14(22-16)17(18,19)20/h3-6,8,11H,7,9-10H2,1-2H3. The minimum absolute atomic E-state index is 0.0965. The van der Waals surface area contributed by atoms with Gasteiger partial charge in [-0.1, -0.05) is 12.1 Å². The smallest absolute Gasteiger partial charge is 0.433 e. The molecule has 1 atom stereocenters. The molecule has 1 aliphatic rings. The Morgan fingerprint density at radius 1 is 1.16 bits per heavy atom. The molecule has 2 heterocycles. The van der Waals surface area contributed by atoms with Crippen molar-refractivity contribution in [3.8, 4) is 11.5 Å². The fourth-order valence-electron chi connectivity index (χ4n) is 3.09. The molecule has 5 nitrogen and oxygen atoms in total. The first-order valence-corrected chi connectivity index (χ1v) is 7.80. The molecule has 134 valence electrons. The van der Waals surface area contributed by atoms with E-state index in [0.717, 1.165) is 24.2 Å². The molecule has 0 saturated carbocycles. The van der Waals surface area contributed by atoms with E-state index in [1.165, 1.54) is 0 Å². The van der Waals surface area contributed by atoms with Crippen LogP contribution in [0.2, 0.25) is 0 Å². The number of para-hydroxylation sites is 1. The van der Waals surface area contributed by atoms with Crippen LogP contribution in [0.15, 0.2) is 30.5 Å². The molecular weight excluding hydrogens is 335 g/mol. The number of hydrogen-bond acceptors (Lipinski definition) is 5. The van der Waals surface area contributed by atoms with Crippen LogP contribution >= 0.6 is 0 Å². The Bertz CT molecular complexity index is 752. The van der Waals surface area contributed by atoms with E-state index in [0.29, 0.717) is 24.6 Å². The van der Waals surface area contributed by atoms with Crippen LogP contribution in [-0.2, 0) is 6.18 Å². The summed E-state index contributed by atoms with van der Waals surface area (Å²) in [6, 6.07) is 6.51. The summed E-state index contributed by atoms with van der Waals surface area (Å²) in [5, 5.41) is 0. The second kappa shape index (κ2) is 6.78. The van der Waals surface area contributed by atoms with Gasteiger partial charge < -0.3 is 14.4 Å². The summed E-state index contributed by atoms with van der Waals surface area (Å²) in [5.74, 6) is 1.48. The van der Waals surface area contributed by atoms with E-state index in [-0.39, 0.29) is 11.9 Å². The maximum absolute atomic E-state index is 12.8.